The number of ether oxygens (including phenoxy) is 1. The smallest absolute Gasteiger partial charge is 0.278 e. The van der Waals surface area contributed by atoms with E-state index in [4.69, 9.17) is 9.15 Å². The molecule has 0 bridgehead atoms. The van der Waals surface area contributed by atoms with Crippen LogP contribution in [0.5, 0.6) is 5.75 Å². The van der Waals surface area contributed by atoms with Crippen LogP contribution in [0.3, 0.4) is 0 Å². The lowest BCUT2D eigenvalue weighted by molar-refractivity contribution is 0.411. The summed E-state index contributed by atoms with van der Waals surface area (Å²) in [7, 11) is 1.48. The number of halogens is 2. The SMILES string of the molecule is COc1ccc(-c2nnc(I)o2)c(F)c1. The molecular weight excluding hydrogens is 314 g/mol. The highest BCUT2D eigenvalue weighted by Crippen LogP contribution is 2.25. The summed E-state index contributed by atoms with van der Waals surface area (Å²) in [4.78, 5) is 0. The molecule has 6 heteroatoms. The van der Waals surface area contributed by atoms with Crippen molar-refractivity contribution in [1.29, 1.82) is 0 Å². The number of methoxy groups -OCH3 is 1. The fourth-order valence-corrected chi connectivity index (χ4v) is 1.43. The van der Waals surface area contributed by atoms with E-state index in [1.165, 1.54) is 19.2 Å². The summed E-state index contributed by atoms with van der Waals surface area (Å²) < 4.78 is 23.9. The quantitative estimate of drug-likeness (QED) is 0.798. The van der Waals surface area contributed by atoms with Gasteiger partial charge in [-0.05, 0) is 12.1 Å². The number of benzene rings is 1. The third kappa shape index (κ3) is 2.09. The Kier molecular flexibility index (Phi) is 2.85. The van der Waals surface area contributed by atoms with Crippen LogP contribution >= 0.6 is 22.6 Å². The van der Waals surface area contributed by atoms with E-state index >= 15 is 0 Å². The molecule has 2 aromatic rings. The van der Waals surface area contributed by atoms with Crippen molar-refractivity contribution >= 4 is 22.6 Å². The lowest BCUT2D eigenvalue weighted by Crippen LogP contribution is -1.88. The summed E-state index contributed by atoms with van der Waals surface area (Å²) in [6, 6.07) is 4.44. The Hall–Kier alpha value is -1.18. The molecule has 1 aromatic carbocycles. The fourth-order valence-electron chi connectivity index (χ4n) is 1.11. The van der Waals surface area contributed by atoms with Gasteiger partial charge in [-0.1, -0.05) is 0 Å². The van der Waals surface area contributed by atoms with Gasteiger partial charge in [-0.25, -0.2) is 4.39 Å². The summed E-state index contributed by atoms with van der Waals surface area (Å²) in [6.07, 6.45) is 0. The molecule has 0 unspecified atom stereocenters. The van der Waals surface area contributed by atoms with Crippen LogP contribution in [-0.2, 0) is 0 Å². The van der Waals surface area contributed by atoms with Gasteiger partial charge < -0.3 is 9.15 Å². The first-order chi connectivity index (χ1) is 7.20. The largest absolute Gasteiger partial charge is 0.497 e. The van der Waals surface area contributed by atoms with E-state index in [9.17, 15) is 4.39 Å². The minimum Gasteiger partial charge on any atom is -0.497 e. The van der Waals surface area contributed by atoms with E-state index < -0.39 is 5.82 Å². The van der Waals surface area contributed by atoms with Crippen molar-refractivity contribution in [2.24, 2.45) is 0 Å². The van der Waals surface area contributed by atoms with Crippen molar-refractivity contribution in [2.75, 3.05) is 7.11 Å². The standard InChI is InChI=1S/C9H6FIN2O2/c1-14-5-2-3-6(7(10)4-5)8-12-13-9(11)15-8/h2-4H,1H3. The van der Waals surface area contributed by atoms with Crippen molar-refractivity contribution in [2.45, 2.75) is 0 Å². The zero-order valence-corrected chi connectivity index (χ0v) is 9.86. The van der Waals surface area contributed by atoms with Crippen molar-refractivity contribution in [3.63, 3.8) is 0 Å². The van der Waals surface area contributed by atoms with Gasteiger partial charge in [0.1, 0.15) is 11.6 Å². The maximum absolute atomic E-state index is 13.5. The molecule has 78 valence electrons. The van der Waals surface area contributed by atoms with E-state index in [0.29, 0.717) is 9.65 Å². The Morgan fingerprint density at radius 2 is 2.20 bits per heavy atom. The third-order valence-corrected chi connectivity index (χ3v) is 2.24. The average Bonchev–Trinajstić information content (AvgIpc) is 2.64. The predicted molar refractivity (Wildman–Crippen MR) is 59.0 cm³/mol. The highest BCUT2D eigenvalue weighted by atomic mass is 127. The van der Waals surface area contributed by atoms with Gasteiger partial charge in [0.25, 0.3) is 9.79 Å². The fraction of sp³-hybridized carbons (Fsp3) is 0.111. The highest BCUT2D eigenvalue weighted by molar-refractivity contribution is 14.1. The van der Waals surface area contributed by atoms with Gasteiger partial charge in [-0.2, -0.15) is 0 Å². The maximum atomic E-state index is 13.5. The molecule has 0 aliphatic carbocycles. The van der Waals surface area contributed by atoms with E-state index in [1.54, 1.807) is 6.07 Å². The summed E-state index contributed by atoms with van der Waals surface area (Å²) in [6.45, 7) is 0. The van der Waals surface area contributed by atoms with E-state index in [2.05, 4.69) is 10.2 Å². The van der Waals surface area contributed by atoms with Gasteiger partial charge in [0.05, 0.1) is 12.7 Å². The van der Waals surface area contributed by atoms with Crippen LogP contribution in [0.15, 0.2) is 22.6 Å². The van der Waals surface area contributed by atoms with Gasteiger partial charge in [0, 0.05) is 28.7 Å². The molecule has 1 heterocycles. The van der Waals surface area contributed by atoms with Crippen LogP contribution in [0.1, 0.15) is 0 Å². The van der Waals surface area contributed by atoms with Gasteiger partial charge in [-0.15, -0.1) is 10.2 Å². The topological polar surface area (TPSA) is 48.2 Å². The van der Waals surface area contributed by atoms with Gasteiger partial charge in [-0.3, -0.25) is 0 Å². The average molecular weight is 320 g/mol. The second-order valence-corrected chi connectivity index (χ2v) is 3.63. The third-order valence-electron chi connectivity index (χ3n) is 1.81. The molecular formula is C9H6FIN2O2. The second-order valence-electron chi connectivity index (χ2n) is 2.71. The molecule has 0 atom stereocenters. The van der Waals surface area contributed by atoms with Crippen molar-refractivity contribution in [1.82, 2.24) is 10.2 Å². The Morgan fingerprint density at radius 1 is 1.40 bits per heavy atom. The monoisotopic (exact) mass is 320 g/mol. The number of hydrogen-bond donors (Lipinski definition) is 0. The highest BCUT2D eigenvalue weighted by Gasteiger charge is 2.12. The van der Waals surface area contributed by atoms with E-state index in [-0.39, 0.29) is 11.5 Å². The predicted octanol–water partition coefficient (Wildman–Crippen LogP) is 2.49. The molecule has 0 fully saturated rings. The molecule has 4 nitrogen and oxygen atoms in total. The Labute approximate surface area is 98.6 Å². The Balaban J connectivity index is 2.45. The zero-order chi connectivity index (χ0) is 10.8. The zero-order valence-electron chi connectivity index (χ0n) is 7.70. The summed E-state index contributed by atoms with van der Waals surface area (Å²) in [5.74, 6) is 0.166. The molecule has 0 radical (unpaired) electrons. The van der Waals surface area contributed by atoms with Gasteiger partial charge in [0.2, 0.25) is 0 Å². The molecule has 0 amide bonds. The molecule has 0 aliphatic rings. The van der Waals surface area contributed by atoms with Crippen molar-refractivity contribution < 1.29 is 13.5 Å². The lowest BCUT2D eigenvalue weighted by Gasteiger charge is -2.01. The molecule has 0 saturated carbocycles. The van der Waals surface area contributed by atoms with E-state index in [0.717, 1.165) is 0 Å². The second kappa shape index (κ2) is 4.13. The molecule has 0 aliphatic heterocycles. The van der Waals surface area contributed by atoms with Crippen molar-refractivity contribution in [3.05, 3.63) is 27.9 Å². The number of nitrogens with zero attached hydrogens (tertiary/aromatic N) is 2. The first kappa shape index (κ1) is 10.3. The Morgan fingerprint density at radius 3 is 2.73 bits per heavy atom. The lowest BCUT2D eigenvalue weighted by atomic mass is 10.2. The number of rotatable bonds is 2. The van der Waals surface area contributed by atoms with Crippen LogP contribution < -0.4 is 4.74 Å². The van der Waals surface area contributed by atoms with Crippen LogP contribution in [0.4, 0.5) is 4.39 Å². The first-order valence-electron chi connectivity index (χ1n) is 4.03. The van der Waals surface area contributed by atoms with Gasteiger partial charge in [0.15, 0.2) is 0 Å². The Bertz CT molecular complexity index is 487. The van der Waals surface area contributed by atoms with Crippen LogP contribution in [0.25, 0.3) is 11.5 Å². The molecule has 0 spiro atoms. The minimum atomic E-state index is -0.450. The summed E-state index contributed by atoms with van der Waals surface area (Å²) >= 11 is 1.87. The maximum Gasteiger partial charge on any atom is 0.278 e. The molecule has 1 aromatic heterocycles. The molecule has 2 rings (SSSR count). The van der Waals surface area contributed by atoms with Gasteiger partial charge >= 0.3 is 0 Å². The number of aromatic nitrogens is 2. The summed E-state index contributed by atoms with van der Waals surface area (Å²) in [5.41, 5.74) is 0.270. The molecule has 0 saturated heterocycles. The van der Waals surface area contributed by atoms with Crippen LogP contribution in [0.2, 0.25) is 0 Å². The minimum absolute atomic E-state index is 0.166. The summed E-state index contributed by atoms with van der Waals surface area (Å²) in [5, 5.41) is 7.35. The normalized spacial score (nSPS) is 10.3. The van der Waals surface area contributed by atoms with Crippen molar-refractivity contribution in [3.8, 4) is 17.2 Å². The van der Waals surface area contributed by atoms with Crippen LogP contribution in [-0.4, -0.2) is 17.3 Å². The molecule has 0 N–H and O–H groups in total. The van der Waals surface area contributed by atoms with E-state index in [1.807, 2.05) is 22.6 Å². The van der Waals surface area contributed by atoms with Crippen LogP contribution in [0, 0.1) is 9.71 Å². The molecule has 15 heavy (non-hydrogen) atoms. The number of hydrogen-bond acceptors (Lipinski definition) is 4. The first-order valence-corrected chi connectivity index (χ1v) is 5.11.